The van der Waals surface area contributed by atoms with Gasteiger partial charge in [0.1, 0.15) is 0 Å². The van der Waals surface area contributed by atoms with Crippen LogP contribution >= 0.6 is 23.2 Å². The lowest BCUT2D eigenvalue weighted by Gasteiger charge is -2.10. The number of hydrogen-bond donors (Lipinski definition) is 0. The van der Waals surface area contributed by atoms with E-state index >= 15 is 0 Å². The molecule has 0 aromatic heterocycles. The van der Waals surface area contributed by atoms with Crippen molar-refractivity contribution in [1.82, 2.24) is 0 Å². The fourth-order valence-electron chi connectivity index (χ4n) is 1.98. The molecule has 110 valence electrons. The summed E-state index contributed by atoms with van der Waals surface area (Å²) in [5.41, 5.74) is 1.23. The lowest BCUT2D eigenvalue weighted by Crippen LogP contribution is -2.05. The van der Waals surface area contributed by atoms with Gasteiger partial charge < -0.3 is 9.47 Å². The van der Waals surface area contributed by atoms with Crippen LogP contribution in [0.1, 0.15) is 15.9 Å². The zero-order valence-corrected chi connectivity index (χ0v) is 13.2. The van der Waals surface area contributed by atoms with Crippen molar-refractivity contribution in [3.8, 4) is 11.5 Å². The predicted octanol–water partition coefficient (Wildman–Crippen LogP) is 4.44. The van der Waals surface area contributed by atoms with Crippen LogP contribution in [0.15, 0.2) is 36.4 Å². The summed E-state index contributed by atoms with van der Waals surface area (Å²) in [7, 11) is 3.12. The van der Waals surface area contributed by atoms with Gasteiger partial charge in [-0.15, -0.1) is 0 Å². The molecule has 0 amide bonds. The molecule has 2 rings (SSSR count). The van der Waals surface area contributed by atoms with Crippen LogP contribution in [-0.4, -0.2) is 20.0 Å². The normalized spacial score (nSPS) is 10.3. The van der Waals surface area contributed by atoms with Crippen LogP contribution in [-0.2, 0) is 6.42 Å². The zero-order chi connectivity index (χ0) is 15.4. The number of methoxy groups -OCH3 is 2. The van der Waals surface area contributed by atoms with Crippen molar-refractivity contribution in [3.05, 3.63) is 57.6 Å². The van der Waals surface area contributed by atoms with E-state index in [1.165, 1.54) is 0 Å². The molecular weight excluding hydrogens is 311 g/mol. The summed E-state index contributed by atoms with van der Waals surface area (Å²) in [5, 5.41) is 0.875. The van der Waals surface area contributed by atoms with Crippen molar-refractivity contribution in [2.75, 3.05) is 14.2 Å². The zero-order valence-electron chi connectivity index (χ0n) is 11.7. The molecule has 0 spiro atoms. The van der Waals surface area contributed by atoms with Gasteiger partial charge in [-0.3, -0.25) is 4.79 Å². The number of carbonyl (C=O) groups is 1. The van der Waals surface area contributed by atoms with E-state index in [9.17, 15) is 4.79 Å². The Labute approximate surface area is 133 Å². The third kappa shape index (κ3) is 3.69. The summed E-state index contributed by atoms with van der Waals surface area (Å²) in [6, 6.07) is 10.2. The molecule has 0 unspecified atom stereocenters. The fraction of sp³-hybridized carbons (Fsp3) is 0.188. The minimum Gasteiger partial charge on any atom is -0.493 e. The molecule has 0 aliphatic heterocycles. The Kier molecular flexibility index (Phi) is 5.10. The van der Waals surface area contributed by atoms with E-state index in [2.05, 4.69) is 0 Å². The van der Waals surface area contributed by atoms with Gasteiger partial charge in [0.25, 0.3) is 0 Å². The van der Waals surface area contributed by atoms with Crippen molar-refractivity contribution >= 4 is 29.0 Å². The number of ether oxygens (including phenoxy) is 2. The fourth-order valence-corrected chi connectivity index (χ4v) is 2.38. The maximum Gasteiger partial charge on any atom is 0.168 e. The monoisotopic (exact) mass is 324 g/mol. The molecule has 0 heterocycles. The van der Waals surface area contributed by atoms with Crippen LogP contribution in [0.2, 0.25) is 10.0 Å². The van der Waals surface area contributed by atoms with E-state index < -0.39 is 0 Å². The van der Waals surface area contributed by atoms with E-state index in [0.29, 0.717) is 27.1 Å². The van der Waals surface area contributed by atoms with Gasteiger partial charge in [0.2, 0.25) is 0 Å². The van der Waals surface area contributed by atoms with E-state index in [-0.39, 0.29) is 12.2 Å². The summed E-state index contributed by atoms with van der Waals surface area (Å²) in [4.78, 5) is 12.3. The highest BCUT2D eigenvalue weighted by atomic mass is 35.5. The minimum absolute atomic E-state index is 0.102. The Morgan fingerprint density at radius 3 is 2.38 bits per heavy atom. The van der Waals surface area contributed by atoms with E-state index in [1.54, 1.807) is 44.6 Å². The number of halogens is 2. The molecule has 2 aromatic rings. The lowest BCUT2D eigenvalue weighted by atomic mass is 10.0. The predicted molar refractivity (Wildman–Crippen MR) is 84.0 cm³/mol. The van der Waals surface area contributed by atoms with Gasteiger partial charge in [0.05, 0.1) is 19.2 Å². The van der Waals surface area contributed by atoms with Gasteiger partial charge in [0, 0.05) is 17.0 Å². The molecular formula is C16H14Cl2O3. The summed E-state index contributed by atoms with van der Waals surface area (Å²) < 4.78 is 10.4. The lowest BCUT2D eigenvalue weighted by molar-refractivity contribution is 0.0993. The average Bonchev–Trinajstić information content (AvgIpc) is 2.49. The highest BCUT2D eigenvalue weighted by Crippen LogP contribution is 2.29. The Morgan fingerprint density at radius 2 is 1.71 bits per heavy atom. The molecule has 0 saturated heterocycles. The first-order valence-electron chi connectivity index (χ1n) is 6.24. The third-order valence-electron chi connectivity index (χ3n) is 3.04. The number of rotatable bonds is 5. The van der Waals surface area contributed by atoms with Crippen LogP contribution in [0.3, 0.4) is 0 Å². The van der Waals surface area contributed by atoms with Gasteiger partial charge in [0.15, 0.2) is 17.3 Å². The van der Waals surface area contributed by atoms with Gasteiger partial charge in [-0.1, -0.05) is 29.3 Å². The number of ketones is 1. The second-order valence-corrected chi connectivity index (χ2v) is 5.26. The minimum atomic E-state index is -0.102. The highest BCUT2D eigenvalue weighted by Gasteiger charge is 2.13. The highest BCUT2D eigenvalue weighted by molar-refractivity contribution is 6.35. The van der Waals surface area contributed by atoms with Gasteiger partial charge in [-0.25, -0.2) is 0 Å². The number of Topliss-reactive ketones (excluding diaryl/α,β-unsaturated/α-hetero) is 1. The molecule has 0 atom stereocenters. The molecule has 0 bridgehead atoms. The summed E-state index contributed by atoms with van der Waals surface area (Å²) in [6.45, 7) is 0. The molecule has 0 N–H and O–H groups in total. The Hall–Kier alpha value is -1.71. The van der Waals surface area contributed by atoms with Crippen LogP contribution in [0.25, 0.3) is 0 Å². The smallest absolute Gasteiger partial charge is 0.168 e. The van der Waals surface area contributed by atoms with E-state index in [4.69, 9.17) is 32.7 Å². The first kappa shape index (κ1) is 15.7. The maximum absolute atomic E-state index is 12.3. The number of hydrogen-bond acceptors (Lipinski definition) is 3. The van der Waals surface area contributed by atoms with Crippen LogP contribution in [0.4, 0.5) is 0 Å². The molecule has 0 radical (unpaired) electrons. The molecule has 2 aromatic carbocycles. The van der Waals surface area contributed by atoms with Crippen LogP contribution < -0.4 is 9.47 Å². The molecule has 0 aliphatic carbocycles. The number of benzene rings is 2. The van der Waals surface area contributed by atoms with E-state index in [0.717, 1.165) is 5.56 Å². The molecule has 3 nitrogen and oxygen atoms in total. The second kappa shape index (κ2) is 6.83. The van der Waals surface area contributed by atoms with Crippen molar-refractivity contribution in [1.29, 1.82) is 0 Å². The molecule has 5 heteroatoms. The van der Waals surface area contributed by atoms with Gasteiger partial charge in [-0.2, -0.15) is 0 Å². The Morgan fingerprint density at radius 1 is 1.00 bits per heavy atom. The van der Waals surface area contributed by atoms with Crippen molar-refractivity contribution in [2.24, 2.45) is 0 Å². The Balaban J connectivity index is 2.25. The van der Waals surface area contributed by atoms with Gasteiger partial charge >= 0.3 is 0 Å². The first-order valence-corrected chi connectivity index (χ1v) is 7.00. The number of carbonyl (C=O) groups excluding carboxylic acids is 1. The van der Waals surface area contributed by atoms with Crippen LogP contribution in [0, 0.1) is 0 Å². The molecule has 0 fully saturated rings. The second-order valence-electron chi connectivity index (χ2n) is 4.41. The third-order valence-corrected chi connectivity index (χ3v) is 3.61. The molecule has 21 heavy (non-hydrogen) atoms. The largest absolute Gasteiger partial charge is 0.493 e. The SMILES string of the molecule is COc1ccc(CC(=O)c2cc(Cl)ccc2Cl)cc1OC. The standard InChI is InChI=1S/C16H14Cl2O3/c1-20-15-6-3-10(8-16(15)21-2)7-14(19)12-9-11(17)4-5-13(12)18/h3-6,8-9H,7H2,1-2H3. The van der Waals surface area contributed by atoms with Crippen LogP contribution in [0.5, 0.6) is 11.5 Å². The molecule has 0 aliphatic rings. The van der Waals surface area contributed by atoms with E-state index in [1.807, 2.05) is 6.07 Å². The summed E-state index contributed by atoms with van der Waals surface area (Å²) in [5.74, 6) is 1.10. The quantitative estimate of drug-likeness (QED) is 0.763. The van der Waals surface area contributed by atoms with Crippen molar-refractivity contribution in [2.45, 2.75) is 6.42 Å². The molecule has 0 saturated carbocycles. The first-order chi connectivity index (χ1) is 10.0. The Bertz CT molecular complexity index is 669. The van der Waals surface area contributed by atoms with Crippen molar-refractivity contribution < 1.29 is 14.3 Å². The van der Waals surface area contributed by atoms with Gasteiger partial charge in [-0.05, 0) is 35.9 Å². The average molecular weight is 325 g/mol. The topological polar surface area (TPSA) is 35.5 Å². The summed E-state index contributed by atoms with van der Waals surface area (Å²) in [6.07, 6.45) is 0.209. The maximum atomic E-state index is 12.3. The van der Waals surface area contributed by atoms with Crippen molar-refractivity contribution in [3.63, 3.8) is 0 Å². The summed E-state index contributed by atoms with van der Waals surface area (Å²) >= 11 is 11.9.